The summed E-state index contributed by atoms with van der Waals surface area (Å²) in [5, 5.41) is 0. The summed E-state index contributed by atoms with van der Waals surface area (Å²) in [4.78, 5) is 0. The molecule has 0 aromatic heterocycles. The van der Waals surface area contributed by atoms with Gasteiger partial charge in [0.2, 0.25) is 0 Å². The second-order valence-corrected chi connectivity index (χ2v) is 14.0. The molecule has 1 aromatic rings. The van der Waals surface area contributed by atoms with E-state index in [1.165, 1.54) is 76.2 Å². The van der Waals surface area contributed by atoms with Crippen molar-refractivity contribution in [2.45, 2.75) is 118 Å². The van der Waals surface area contributed by atoms with E-state index in [1.54, 1.807) is 0 Å². The molecule has 194 valence electrons. The van der Waals surface area contributed by atoms with Crippen LogP contribution < -0.4 is 0 Å². The third-order valence-corrected chi connectivity index (χ3v) is 11.6. The molecule has 8 atom stereocenters. The Morgan fingerprint density at radius 2 is 1.63 bits per heavy atom. The van der Waals surface area contributed by atoms with E-state index in [1.807, 2.05) is 5.57 Å². The van der Waals surface area contributed by atoms with Gasteiger partial charge in [-0.2, -0.15) is 0 Å². The van der Waals surface area contributed by atoms with Crippen LogP contribution in [0.4, 0.5) is 0 Å². The molecule has 35 heavy (non-hydrogen) atoms. The van der Waals surface area contributed by atoms with Gasteiger partial charge in [0.1, 0.15) is 0 Å². The van der Waals surface area contributed by atoms with Crippen molar-refractivity contribution in [2.75, 3.05) is 0 Å². The molecule has 0 N–H and O–H groups in total. The standard InChI is InChI=1S/C34H52O/c1-24(2)10-9-11-25(3)30-16-17-31-29-15-14-27-22-28(35-23-26-12-7-6-8-13-26)18-20-33(27,4)32(29)19-21-34(30,31)5/h6-8,12-13,15,24-25,27-28,30-32H,9-11,14,16-23H2,1-5H3/t25-,27+,28+,30-,31+,32+,33+,34-/m1/s1. The molecule has 0 amide bonds. The zero-order valence-corrected chi connectivity index (χ0v) is 23.4. The fraction of sp³-hybridized carbons (Fsp3) is 0.765. The van der Waals surface area contributed by atoms with Crippen molar-refractivity contribution in [3.63, 3.8) is 0 Å². The number of hydrogen-bond donors (Lipinski definition) is 0. The van der Waals surface area contributed by atoms with Gasteiger partial charge in [-0.1, -0.05) is 95.9 Å². The van der Waals surface area contributed by atoms with E-state index in [2.05, 4.69) is 71.0 Å². The van der Waals surface area contributed by atoms with Crippen molar-refractivity contribution in [1.29, 1.82) is 0 Å². The first kappa shape index (κ1) is 25.6. The number of hydrogen-bond acceptors (Lipinski definition) is 1. The van der Waals surface area contributed by atoms with Crippen LogP contribution in [0.25, 0.3) is 0 Å². The normalized spacial score (nSPS) is 39.5. The third-order valence-electron chi connectivity index (χ3n) is 11.6. The molecule has 1 aromatic carbocycles. The lowest BCUT2D eigenvalue weighted by Crippen LogP contribution is -2.50. The zero-order chi connectivity index (χ0) is 24.6. The Labute approximate surface area is 216 Å². The molecule has 4 aliphatic carbocycles. The quantitative estimate of drug-likeness (QED) is 0.339. The van der Waals surface area contributed by atoms with Crippen LogP contribution in [0.15, 0.2) is 42.0 Å². The van der Waals surface area contributed by atoms with Crippen molar-refractivity contribution < 1.29 is 4.74 Å². The Kier molecular flexibility index (Phi) is 7.56. The summed E-state index contributed by atoms with van der Waals surface area (Å²) >= 11 is 0. The van der Waals surface area contributed by atoms with Crippen molar-refractivity contribution in [3.8, 4) is 0 Å². The lowest BCUT2D eigenvalue weighted by molar-refractivity contribution is -0.0713. The number of fused-ring (bicyclic) bond motifs is 5. The molecule has 4 aliphatic rings. The van der Waals surface area contributed by atoms with Crippen LogP contribution in [-0.4, -0.2) is 6.10 Å². The molecule has 3 saturated carbocycles. The van der Waals surface area contributed by atoms with Crippen LogP contribution in [0, 0.1) is 46.3 Å². The summed E-state index contributed by atoms with van der Waals surface area (Å²) in [5.74, 6) is 5.19. The summed E-state index contributed by atoms with van der Waals surface area (Å²) in [5.41, 5.74) is 4.28. The predicted octanol–water partition coefficient (Wildman–Crippen LogP) is 9.61. The monoisotopic (exact) mass is 476 g/mol. The first-order valence-electron chi connectivity index (χ1n) is 15.2. The third kappa shape index (κ3) is 4.93. The highest BCUT2D eigenvalue weighted by Crippen LogP contribution is 2.67. The zero-order valence-electron chi connectivity index (χ0n) is 23.4. The van der Waals surface area contributed by atoms with Crippen LogP contribution in [-0.2, 0) is 11.3 Å². The molecule has 0 heterocycles. The van der Waals surface area contributed by atoms with Crippen LogP contribution in [0.1, 0.15) is 111 Å². The van der Waals surface area contributed by atoms with Gasteiger partial charge in [0.25, 0.3) is 0 Å². The lowest BCUT2D eigenvalue weighted by atomic mass is 9.47. The number of ether oxygens (including phenoxy) is 1. The molecular weight excluding hydrogens is 424 g/mol. The topological polar surface area (TPSA) is 9.23 Å². The van der Waals surface area contributed by atoms with Crippen LogP contribution in [0.3, 0.4) is 0 Å². The van der Waals surface area contributed by atoms with Gasteiger partial charge >= 0.3 is 0 Å². The van der Waals surface area contributed by atoms with Crippen molar-refractivity contribution in [3.05, 3.63) is 47.5 Å². The highest BCUT2D eigenvalue weighted by molar-refractivity contribution is 5.27. The molecule has 0 saturated heterocycles. The number of benzene rings is 1. The van der Waals surface area contributed by atoms with Gasteiger partial charge in [-0.15, -0.1) is 0 Å². The molecule has 1 nitrogen and oxygen atoms in total. The van der Waals surface area contributed by atoms with E-state index < -0.39 is 0 Å². The Bertz CT molecular complexity index is 870. The fourth-order valence-corrected chi connectivity index (χ4v) is 9.44. The Balaban J connectivity index is 1.24. The summed E-state index contributed by atoms with van der Waals surface area (Å²) in [6, 6.07) is 10.7. The fourth-order valence-electron chi connectivity index (χ4n) is 9.44. The average Bonchev–Trinajstić information content (AvgIpc) is 3.20. The molecular formula is C34H52O. The highest BCUT2D eigenvalue weighted by Gasteiger charge is 2.58. The summed E-state index contributed by atoms with van der Waals surface area (Å²) < 4.78 is 6.45. The lowest BCUT2D eigenvalue weighted by Gasteiger charge is -2.58. The van der Waals surface area contributed by atoms with E-state index in [0.717, 1.165) is 42.1 Å². The maximum absolute atomic E-state index is 6.45. The van der Waals surface area contributed by atoms with Gasteiger partial charge < -0.3 is 4.74 Å². The van der Waals surface area contributed by atoms with Gasteiger partial charge in [-0.3, -0.25) is 0 Å². The summed E-state index contributed by atoms with van der Waals surface area (Å²) in [6.45, 7) is 13.5. The minimum absolute atomic E-state index is 0.444. The second-order valence-electron chi connectivity index (χ2n) is 14.0. The van der Waals surface area contributed by atoms with Crippen LogP contribution in [0.2, 0.25) is 0 Å². The molecule has 1 heteroatoms. The molecule has 0 radical (unpaired) electrons. The smallest absolute Gasteiger partial charge is 0.0720 e. The Morgan fingerprint density at radius 3 is 2.40 bits per heavy atom. The Hall–Kier alpha value is -1.08. The summed E-state index contributed by atoms with van der Waals surface area (Å²) in [6.07, 6.45) is 18.5. The number of rotatable bonds is 8. The first-order chi connectivity index (χ1) is 16.8. The molecule has 0 spiro atoms. The van der Waals surface area contributed by atoms with Gasteiger partial charge in [-0.25, -0.2) is 0 Å². The first-order valence-corrected chi connectivity index (χ1v) is 15.2. The van der Waals surface area contributed by atoms with Crippen LogP contribution >= 0.6 is 0 Å². The SMILES string of the molecule is CC(C)CCC[C@@H](C)[C@H]1CC[C@H]2C3=CC[C@H]4C[C@@H](OCc5ccccc5)CC[C@]4(C)[C@H]3CC[C@]12C. The van der Waals surface area contributed by atoms with E-state index in [9.17, 15) is 0 Å². The van der Waals surface area contributed by atoms with Gasteiger partial charge in [-0.05, 0) is 103 Å². The number of allylic oxidation sites excluding steroid dienone is 2. The predicted molar refractivity (Wildman–Crippen MR) is 148 cm³/mol. The second kappa shape index (κ2) is 10.4. The maximum Gasteiger partial charge on any atom is 0.0720 e. The molecule has 3 fully saturated rings. The van der Waals surface area contributed by atoms with Gasteiger partial charge in [0.05, 0.1) is 12.7 Å². The molecule has 5 rings (SSSR count). The van der Waals surface area contributed by atoms with Crippen molar-refractivity contribution >= 4 is 0 Å². The molecule has 0 bridgehead atoms. The van der Waals surface area contributed by atoms with Crippen molar-refractivity contribution in [1.82, 2.24) is 0 Å². The van der Waals surface area contributed by atoms with E-state index >= 15 is 0 Å². The maximum atomic E-state index is 6.45. The molecule has 0 aliphatic heterocycles. The van der Waals surface area contributed by atoms with E-state index in [4.69, 9.17) is 4.74 Å². The van der Waals surface area contributed by atoms with E-state index in [-0.39, 0.29) is 0 Å². The van der Waals surface area contributed by atoms with E-state index in [0.29, 0.717) is 16.9 Å². The van der Waals surface area contributed by atoms with Gasteiger partial charge in [0, 0.05) is 0 Å². The van der Waals surface area contributed by atoms with Crippen LogP contribution in [0.5, 0.6) is 0 Å². The van der Waals surface area contributed by atoms with Gasteiger partial charge in [0.15, 0.2) is 0 Å². The largest absolute Gasteiger partial charge is 0.374 e. The summed E-state index contributed by atoms with van der Waals surface area (Å²) in [7, 11) is 0. The average molecular weight is 477 g/mol. The highest BCUT2D eigenvalue weighted by atomic mass is 16.5. The van der Waals surface area contributed by atoms with Crippen molar-refractivity contribution in [2.24, 2.45) is 46.3 Å². The minimum atomic E-state index is 0.444. The molecule has 0 unspecified atom stereocenters. The Morgan fingerprint density at radius 1 is 0.886 bits per heavy atom. The minimum Gasteiger partial charge on any atom is -0.374 e.